The maximum Gasteiger partial charge on any atom is 0.309 e. The van der Waals surface area contributed by atoms with Gasteiger partial charge in [-0.3, -0.25) is 9.59 Å². The highest BCUT2D eigenvalue weighted by atomic mass is 16.6. The van der Waals surface area contributed by atoms with Crippen molar-refractivity contribution < 1.29 is 34.4 Å². The monoisotopic (exact) mass is 384 g/mol. The van der Waals surface area contributed by atoms with Crippen LogP contribution < -0.4 is 0 Å². The fourth-order valence-corrected chi connectivity index (χ4v) is 6.11. The number of hydrogen-bond donors (Lipinski definition) is 3. The molecule has 0 amide bonds. The third-order valence-electron chi connectivity index (χ3n) is 7.76. The molecule has 3 aliphatic rings. The molecule has 27 heavy (non-hydrogen) atoms. The maximum absolute atomic E-state index is 12.0. The Hall–Kier alpha value is -1.18. The van der Waals surface area contributed by atoms with Gasteiger partial charge in [0, 0.05) is 0 Å². The lowest BCUT2D eigenvalue weighted by Gasteiger charge is -2.63. The quantitative estimate of drug-likeness (QED) is 0.623. The molecule has 3 rings (SSSR count). The van der Waals surface area contributed by atoms with Crippen LogP contribution in [0.4, 0.5) is 0 Å². The fraction of sp³-hybridized carbons (Fsp3) is 0.900. The number of carbonyl (C=O) groups is 2. The van der Waals surface area contributed by atoms with Gasteiger partial charge < -0.3 is 24.8 Å². The second-order valence-corrected chi connectivity index (χ2v) is 9.92. The van der Waals surface area contributed by atoms with E-state index in [0.29, 0.717) is 25.9 Å². The number of hydrogen-bond acceptors (Lipinski definition) is 5. The topological polar surface area (TPSA) is 117 Å². The first-order chi connectivity index (χ1) is 12.3. The summed E-state index contributed by atoms with van der Waals surface area (Å²) in [6, 6.07) is 0. The Morgan fingerprint density at radius 1 is 1.19 bits per heavy atom. The maximum atomic E-state index is 12.0. The van der Waals surface area contributed by atoms with Crippen molar-refractivity contribution in [3.8, 4) is 0 Å². The van der Waals surface area contributed by atoms with Crippen LogP contribution in [0.1, 0.15) is 60.3 Å². The van der Waals surface area contributed by atoms with Gasteiger partial charge in [0.15, 0.2) is 0 Å². The van der Waals surface area contributed by atoms with Crippen molar-refractivity contribution in [2.45, 2.75) is 83.7 Å². The molecule has 0 radical (unpaired) electrons. The molecule has 1 saturated carbocycles. The predicted molar refractivity (Wildman–Crippen MR) is 96.2 cm³/mol. The van der Waals surface area contributed by atoms with E-state index >= 15 is 0 Å². The van der Waals surface area contributed by atoms with Crippen LogP contribution >= 0.6 is 0 Å². The molecule has 0 aromatic rings. The number of rotatable bonds is 5. The van der Waals surface area contributed by atoms with Gasteiger partial charge in [0.25, 0.3) is 0 Å². The number of aliphatic carboxylic acids is 2. The lowest BCUT2D eigenvalue weighted by molar-refractivity contribution is -0.295. The van der Waals surface area contributed by atoms with Crippen molar-refractivity contribution in [1.29, 1.82) is 0 Å². The normalized spacial score (nSPS) is 47.2. The first-order valence-corrected chi connectivity index (χ1v) is 9.72. The summed E-state index contributed by atoms with van der Waals surface area (Å²) in [5.74, 6) is -2.49. The summed E-state index contributed by atoms with van der Waals surface area (Å²) >= 11 is 0. The number of aliphatic hydroxyl groups is 1. The zero-order valence-electron chi connectivity index (χ0n) is 16.8. The first-order valence-electron chi connectivity index (χ1n) is 9.72. The Morgan fingerprint density at radius 3 is 2.26 bits per heavy atom. The van der Waals surface area contributed by atoms with Crippen LogP contribution in [0.15, 0.2) is 0 Å². The van der Waals surface area contributed by atoms with Gasteiger partial charge in [0.2, 0.25) is 0 Å². The average molecular weight is 384 g/mol. The second kappa shape index (κ2) is 6.16. The van der Waals surface area contributed by atoms with Gasteiger partial charge >= 0.3 is 11.9 Å². The summed E-state index contributed by atoms with van der Waals surface area (Å²) in [5.41, 5.74) is -3.33. The second-order valence-electron chi connectivity index (χ2n) is 9.92. The molecule has 7 heteroatoms. The number of fused-ring (bicyclic) bond motifs is 1. The van der Waals surface area contributed by atoms with Crippen LogP contribution in [0.3, 0.4) is 0 Å². The van der Waals surface area contributed by atoms with E-state index in [4.69, 9.17) is 9.47 Å². The summed E-state index contributed by atoms with van der Waals surface area (Å²) < 4.78 is 11.9. The van der Waals surface area contributed by atoms with Crippen LogP contribution in [0.5, 0.6) is 0 Å². The van der Waals surface area contributed by atoms with Crippen LogP contribution in [0.25, 0.3) is 0 Å². The number of ether oxygens (including phenoxy) is 2. The van der Waals surface area contributed by atoms with E-state index in [2.05, 4.69) is 0 Å². The standard InChI is InChI=1S/C20H32O7/c1-17(2,16(24)25)11-6-7-19(4)12(18(11,3)9-15(22)23)8-13(21)20(5,27-19)14-10-26-14/h11-14,21H,6-10H2,1-5H3,(H,22,23)(H,24,25)/t11-,12+,13?,14+,18+,19+,20-/m1/s1. The fourth-order valence-electron chi connectivity index (χ4n) is 6.11. The molecule has 2 heterocycles. The Balaban J connectivity index is 2.02. The molecular weight excluding hydrogens is 352 g/mol. The predicted octanol–water partition coefficient (Wildman–Crippen LogP) is 2.30. The van der Waals surface area contributed by atoms with Gasteiger partial charge in [-0.1, -0.05) is 6.92 Å². The van der Waals surface area contributed by atoms with Crippen LogP contribution in [-0.2, 0) is 19.1 Å². The van der Waals surface area contributed by atoms with E-state index < -0.39 is 40.1 Å². The molecule has 3 N–H and O–H groups in total. The molecular formula is C20H32O7. The van der Waals surface area contributed by atoms with Gasteiger partial charge in [-0.15, -0.1) is 0 Å². The molecule has 1 unspecified atom stereocenters. The van der Waals surface area contributed by atoms with Gasteiger partial charge in [0.1, 0.15) is 11.7 Å². The minimum absolute atomic E-state index is 0.149. The van der Waals surface area contributed by atoms with Gasteiger partial charge in [-0.2, -0.15) is 0 Å². The van der Waals surface area contributed by atoms with Crippen molar-refractivity contribution in [2.75, 3.05) is 6.61 Å². The molecule has 1 aliphatic carbocycles. The van der Waals surface area contributed by atoms with E-state index in [1.54, 1.807) is 13.8 Å². The molecule has 7 atom stereocenters. The molecule has 154 valence electrons. The Kier molecular flexibility index (Phi) is 4.69. The van der Waals surface area contributed by atoms with Gasteiger partial charge in [0.05, 0.1) is 30.1 Å². The molecule has 3 fully saturated rings. The summed E-state index contributed by atoms with van der Waals surface area (Å²) in [4.78, 5) is 23.7. The van der Waals surface area contributed by atoms with E-state index in [9.17, 15) is 24.9 Å². The van der Waals surface area contributed by atoms with Crippen molar-refractivity contribution >= 4 is 11.9 Å². The third kappa shape index (κ3) is 3.08. The summed E-state index contributed by atoms with van der Waals surface area (Å²) in [6.45, 7) is 9.60. The smallest absolute Gasteiger partial charge is 0.309 e. The SMILES string of the molecule is CC(C)(C(=O)O)[C@H]1CC[C@]2(C)O[C@@](C)([C@@H]3CO3)C(O)C[C@H]2[C@@]1(C)CC(=O)O. The molecule has 0 aromatic heterocycles. The van der Waals surface area contributed by atoms with E-state index in [1.807, 2.05) is 20.8 Å². The zero-order valence-corrected chi connectivity index (χ0v) is 16.8. The molecule has 7 nitrogen and oxygen atoms in total. The molecule has 0 spiro atoms. The lowest BCUT2D eigenvalue weighted by Crippen LogP contribution is -2.67. The van der Waals surface area contributed by atoms with Crippen LogP contribution in [-0.4, -0.2) is 57.3 Å². The highest BCUT2D eigenvalue weighted by Crippen LogP contribution is 2.63. The first kappa shape index (κ1) is 20.6. The van der Waals surface area contributed by atoms with Gasteiger partial charge in [-0.05, 0) is 64.2 Å². The van der Waals surface area contributed by atoms with Gasteiger partial charge in [-0.25, -0.2) is 0 Å². The van der Waals surface area contributed by atoms with E-state index in [-0.39, 0.29) is 24.4 Å². The zero-order chi connectivity index (χ0) is 20.4. The van der Waals surface area contributed by atoms with E-state index in [0.717, 1.165) is 0 Å². The molecule has 2 saturated heterocycles. The average Bonchev–Trinajstić information content (AvgIpc) is 3.34. The highest BCUT2D eigenvalue weighted by Gasteiger charge is 2.66. The molecule has 0 aromatic carbocycles. The number of aliphatic hydroxyl groups excluding tert-OH is 1. The Bertz CT molecular complexity index is 642. The molecule has 0 bridgehead atoms. The Labute approximate surface area is 160 Å². The van der Waals surface area contributed by atoms with E-state index in [1.165, 1.54) is 0 Å². The van der Waals surface area contributed by atoms with Crippen LogP contribution in [0, 0.1) is 22.7 Å². The van der Waals surface area contributed by atoms with Crippen molar-refractivity contribution in [3.63, 3.8) is 0 Å². The summed E-state index contributed by atoms with van der Waals surface area (Å²) in [7, 11) is 0. The minimum atomic E-state index is -1.07. The number of carboxylic acid groups (broad SMARTS) is 2. The summed E-state index contributed by atoms with van der Waals surface area (Å²) in [6.07, 6.45) is 0.480. The minimum Gasteiger partial charge on any atom is -0.481 e. The van der Waals surface area contributed by atoms with Crippen LogP contribution in [0.2, 0.25) is 0 Å². The van der Waals surface area contributed by atoms with Crippen molar-refractivity contribution in [2.24, 2.45) is 22.7 Å². The number of carboxylic acids is 2. The molecule has 2 aliphatic heterocycles. The van der Waals surface area contributed by atoms with Crippen molar-refractivity contribution in [1.82, 2.24) is 0 Å². The highest BCUT2D eigenvalue weighted by molar-refractivity contribution is 5.75. The lowest BCUT2D eigenvalue weighted by atomic mass is 9.47. The Morgan fingerprint density at radius 2 is 1.78 bits per heavy atom. The third-order valence-corrected chi connectivity index (χ3v) is 7.76. The van der Waals surface area contributed by atoms with Crippen molar-refractivity contribution in [3.05, 3.63) is 0 Å². The summed E-state index contributed by atoms with van der Waals surface area (Å²) in [5, 5.41) is 30.3. The number of epoxide rings is 1. The largest absolute Gasteiger partial charge is 0.481 e.